The summed E-state index contributed by atoms with van der Waals surface area (Å²) in [4.78, 5) is 18.5. The van der Waals surface area contributed by atoms with Crippen LogP contribution < -0.4 is 9.47 Å². The maximum atomic E-state index is 12.5. The summed E-state index contributed by atoms with van der Waals surface area (Å²) in [5, 5.41) is 1.22. The first-order chi connectivity index (χ1) is 12.1. The fourth-order valence-electron chi connectivity index (χ4n) is 2.27. The molecule has 5 nitrogen and oxygen atoms in total. The van der Waals surface area contributed by atoms with Crippen LogP contribution >= 0.6 is 23.4 Å². The van der Waals surface area contributed by atoms with Gasteiger partial charge in [-0.05, 0) is 36.8 Å². The monoisotopic (exact) mass is 380 g/mol. The number of aromatic nitrogens is 1. The third kappa shape index (κ3) is 5.28. The van der Waals surface area contributed by atoms with Crippen LogP contribution in [-0.2, 0) is 11.3 Å². The lowest BCUT2D eigenvalue weighted by molar-refractivity contribution is -0.128. The van der Waals surface area contributed by atoms with Crippen LogP contribution in [0, 0.1) is 0 Å². The van der Waals surface area contributed by atoms with E-state index in [4.69, 9.17) is 21.1 Å². The van der Waals surface area contributed by atoms with Gasteiger partial charge in [-0.25, -0.2) is 4.98 Å². The van der Waals surface area contributed by atoms with Gasteiger partial charge in [-0.2, -0.15) is 0 Å². The van der Waals surface area contributed by atoms with E-state index in [0.717, 1.165) is 5.56 Å². The third-order valence-corrected chi connectivity index (χ3v) is 5.02. The molecule has 0 saturated heterocycles. The number of methoxy groups -OCH3 is 2. The molecule has 0 saturated carbocycles. The average Bonchev–Trinajstić information content (AvgIpc) is 2.64. The molecule has 0 radical (unpaired) electrons. The molecule has 0 unspecified atom stereocenters. The summed E-state index contributed by atoms with van der Waals surface area (Å²) in [6, 6.07) is 9.19. The molecule has 0 N–H and O–H groups in total. The van der Waals surface area contributed by atoms with E-state index < -0.39 is 0 Å². The number of hydrogen-bond donors (Lipinski definition) is 0. The number of rotatable bonds is 8. The fraction of sp³-hybridized carbons (Fsp3) is 0.333. The van der Waals surface area contributed by atoms with E-state index in [9.17, 15) is 4.79 Å². The van der Waals surface area contributed by atoms with Crippen LogP contribution in [0.25, 0.3) is 0 Å². The SMILES string of the molecule is CCN(Cc1ccc(OC)c(OC)c1)C(=O)CSc1ncccc1Cl. The minimum absolute atomic E-state index is 0.0315. The lowest BCUT2D eigenvalue weighted by atomic mass is 10.2. The zero-order valence-corrected chi connectivity index (χ0v) is 16.1. The van der Waals surface area contributed by atoms with Crippen molar-refractivity contribution in [3.63, 3.8) is 0 Å². The highest BCUT2D eigenvalue weighted by Crippen LogP contribution is 2.28. The molecule has 134 valence electrons. The van der Waals surface area contributed by atoms with Crippen molar-refractivity contribution in [2.45, 2.75) is 18.5 Å². The van der Waals surface area contributed by atoms with E-state index in [-0.39, 0.29) is 11.7 Å². The van der Waals surface area contributed by atoms with E-state index in [1.54, 1.807) is 37.4 Å². The Hall–Kier alpha value is -1.92. The van der Waals surface area contributed by atoms with E-state index in [1.807, 2.05) is 25.1 Å². The van der Waals surface area contributed by atoms with E-state index in [2.05, 4.69) is 4.98 Å². The van der Waals surface area contributed by atoms with Gasteiger partial charge in [-0.1, -0.05) is 29.4 Å². The number of halogens is 1. The standard InChI is InChI=1S/C18H21ClN2O3S/c1-4-21(11-13-7-8-15(23-2)16(10-13)24-3)17(22)12-25-18-14(19)6-5-9-20-18/h5-10H,4,11-12H2,1-3H3. The highest BCUT2D eigenvalue weighted by atomic mass is 35.5. The number of carbonyl (C=O) groups is 1. The van der Waals surface area contributed by atoms with Crippen LogP contribution in [0.5, 0.6) is 11.5 Å². The molecule has 1 aromatic carbocycles. The molecule has 1 aromatic heterocycles. The van der Waals surface area contributed by atoms with Gasteiger partial charge < -0.3 is 14.4 Å². The summed E-state index contributed by atoms with van der Waals surface area (Å²) in [6.07, 6.45) is 1.67. The maximum Gasteiger partial charge on any atom is 0.233 e. The Kier molecular flexibility index (Phi) is 7.40. The number of benzene rings is 1. The van der Waals surface area contributed by atoms with Gasteiger partial charge in [0.2, 0.25) is 5.91 Å². The number of ether oxygens (including phenoxy) is 2. The van der Waals surface area contributed by atoms with Crippen molar-refractivity contribution >= 4 is 29.3 Å². The van der Waals surface area contributed by atoms with E-state index in [0.29, 0.717) is 34.6 Å². The second kappa shape index (κ2) is 9.53. The Bertz CT molecular complexity index is 727. The molecule has 2 aromatic rings. The van der Waals surface area contributed by atoms with Crippen molar-refractivity contribution in [1.82, 2.24) is 9.88 Å². The van der Waals surface area contributed by atoms with Gasteiger partial charge in [-0.15, -0.1) is 0 Å². The van der Waals surface area contributed by atoms with Gasteiger partial charge in [0, 0.05) is 19.3 Å². The molecule has 0 aliphatic heterocycles. The second-order valence-corrected chi connectivity index (χ2v) is 6.55. The highest BCUT2D eigenvalue weighted by Gasteiger charge is 2.15. The van der Waals surface area contributed by atoms with Crippen LogP contribution in [0.3, 0.4) is 0 Å². The van der Waals surface area contributed by atoms with Crippen molar-refractivity contribution in [1.29, 1.82) is 0 Å². The molecular weight excluding hydrogens is 360 g/mol. The van der Waals surface area contributed by atoms with Crippen molar-refractivity contribution in [2.24, 2.45) is 0 Å². The Morgan fingerprint density at radius 3 is 2.64 bits per heavy atom. The molecule has 0 aliphatic rings. The van der Waals surface area contributed by atoms with Gasteiger partial charge in [0.1, 0.15) is 5.03 Å². The van der Waals surface area contributed by atoms with Crippen LogP contribution in [0.15, 0.2) is 41.6 Å². The summed E-state index contributed by atoms with van der Waals surface area (Å²) in [5.41, 5.74) is 0.980. The molecule has 0 bridgehead atoms. The molecule has 0 aliphatic carbocycles. The van der Waals surface area contributed by atoms with Gasteiger partial charge in [0.25, 0.3) is 0 Å². The Balaban J connectivity index is 2.01. The zero-order valence-electron chi connectivity index (χ0n) is 14.5. The summed E-state index contributed by atoms with van der Waals surface area (Å²) in [5.74, 6) is 1.64. The normalized spacial score (nSPS) is 10.4. The van der Waals surface area contributed by atoms with Crippen molar-refractivity contribution < 1.29 is 14.3 Å². The van der Waals surface area contributed by atoms with Gasteiger partial charge in [0.05, 0.1) is 25.0 Å². The van der Waals surface area contributed by atoms with E-state index in [1.165, 1.54) is 11.8 Å². The number of nitrogens with zero attached hydrogens (tertiary/aromatic N) is 2. The highest BCUT2D eigenvalue weighted by molar-refractivity contribution is 8.00. The molecule has 25 heavy (non-hydrogen) atoms. The van der Waals surface area contributed by atoms with Crippen molar-refractivity contribution in [3.05, 3.63) is 47.1 Å². The first-order valence-corrected chi connectivity index (χ1v) is 9.17. The molecule has 0 fully saturated rings. The first kappa shape index (κ1) is 19.4. The number of amides is 1. The Morgan fingerprint density at radius 1 is 1.24 bits per heavy atom. The summed E-state index contributed by atoms with van der Waals surface area (Å²) in [6.45, 7) is 3.08. The van der Waals surface area contributed by atoms with Crippen LogP contribution in [-0.4, -0.2) is 42.3 Å². The topological polar surface area (TPSA) is 51.7 Å². The minimum Gasteiger partial charge on any atom is -0.493 e. The number of carbonyl (C=O) groups excluding carboxylic acids is 1. The summed E-state index contributed by atoms with van der Waals surface area (Å²) < 4.78 is 10.6. The molecule has 1 heterocycles. The molecule has 0 atom stereocenters. The predicted octanol–water partition coefficient (Wildman–Crippen LogP) is 3.89. The molecule has 2 rings (SSSR count). The fourth-order valence-corrected chi connectivity index (χ4v) is 3.34. The average molecular weight is 381 g/mol. The molecular formula is C18H21ClN2O3S. The number of hydrogen-bond acceptors (Lipinski definition) is 5. The van der Waals surface area contributed by atoms with Crippen LogP contribution in [0.1, 0.15) is 12.5 Å². The lowest BCUT2D eigenvalue weighted by Gasteiger charge is -2.21. The number of pyridine rings is 1. The maximum absolute atomic E-state index is 12.5. The van der Waals surface area contributed by atoms with Gasteiger partial charge in [0.15, 0.2) is 11.5 Å². The zero-order chi connectivity index (χ0) is 18.2. The minimum atomic E-state index is 0.0315. The molecule has 0 spiro atoms. The van der Waals surface area contributed by atoms with Crippen LogP contribution in [0.2, 0.25) is 5.02 Å². The van der Waals surface area contributed by atoms with Crippen LogP contribution in [0.4, 0.5) is 0 Å². The van der Waals surface area contributed by atoms with Crippen molar-refractivity contribution in [2.75, 3.05) is 26.5 Å². The molecule has 7 heteroatoms. The largest absolute Gasteiger partial charge is 0.493 e. The van der Waals surface area contributed by atoms with Crippen molar-refractivity contribution in [3.8, 4) is 11.5 Å². The summed E-state index contributed by atoms with van der Waals surface area (Å²) >= 11 is 7.42. The smallest absolute Gasteiger partial charge is 0.233 e. The quantitative estimate of drug-likeness (QED) is 0.650. The third-order valence-electron chi connectivity index (χ3n) is 3.61. The van der Waals surface area contributed by atoms with E-state index >= 15 is 0 Å². The second-order valence-electron chi connectivity index (χ2n) is 5.18. The van der Waals surface area contributed by atoms with Gasteiger partial charge in [-0.3, -0.25) is 4.79 Å². The first-order valence-electron chi connectivity index (χ1n) is 7.81. The lowest BCUT2D eigenvalue weighted by Crippen LogP contribution is -2.31. The molecule has 1 amide bonds. The number of thioether (sulfide) groups is 1. The summed E-state index contributed by atoms with van der Waals surface area (Å²) in [7, 11) is 3.19. The predicted molar refractivity (Wildman–Crippen MR) is 101 cm³/mol. The Labute approximate surface area is 157 Å². The van der Waals surface area contributed by atoms with Gasteiger partial charge >= 0.3 is 0 Å². The Morgan fingerprint density at radius 2 is 2.00 bits per heavy atom.